The Kier molecular flexibility index (Phi) is 5.38. The van der Waals surface area contributed by atoms with E-state index >= 15 is 0 Å². The Morgan fingerprint density at radius 2 is 2.28 bits per heavy atom. The number of hydrogen-bond acceptors (Lipinski definition) is 4. The largest absolute Gasteiger partial charge is 0.394 e. The van der Waals surface area contributed by atoms with Crippen molar-refractivity contribution < 1.29 is 9.90 Å². The highest BCUT2D eigenvalue weighted by atomic mass is 16.3. The fourth-order valence-corrected chi connectivity index (χ4v) is 1.47. The fourth-order valence-electron chi connectivity index (χ4n) is 1.47. The minimum Gasteiger partial charge on any atom is -0.394 e. The van der Waals surface area contributed by atoms with Crippen LogP contribution >= 0.6 is 0 Å². The van der Waals surface area contributed by atoms with Gasteiger partial charge in [-0.05, 0) is 13.0 Å². The highest BCUT2D eigenvalue weighted by Crippen LogP contribution is 2.13. The Bertz CT molecular complexity index is 395. The van der Waals surface area contributed by atoms with E-state index in [9.17, 15) is 4.79 Å². The van der Waals surface area contributed by atoms with Crippen LogP contribution < -0.4 is 15.5 Å². The zero-order chi connectivity index (χ0) is 13.5. The van der Waals surface area contributed by atoms with Crippen molar-refractivity contribution in [2.45, 2.75) is 19.5 Å². The summed E-state index contributed by atoms with van der Waals surface area (Å²) in [7, 11) is 3.81. The number of urea groups is 1. The molecule has 0 spiro atoms. The maximum Gasteiger partial charge on any atom is 0.315 e. The Hall–Kier alpha value is -1.82. The van der Waals surface area contributed by atoms with E-state index in [0.29, 0.717) is 6.54 Å². The Labute approximate surface area is 107 Å². The number of pyridine rings is 1. The van der Waals surface area contributed by atoms with Gasteiger partial charge >= 0.3 is 6.03 Å². The minimum absolute atomic E-state index is 0.0801. The molecule has 1 aromatic heterocycles. The van der Waals surface area contributed by atoms with Crippen molar-refractivity contribution >= 4 is 11.8 Å². The lowest BCUT2D eigenvalue weighted by molar-refractivity contribution is 0.220. The number of anilines is 1. The molecule has 6 heteroatoms. The van der Waals surface area contributed by atoms with E-state index in [4.69, 9.17) is 5.11 Å². The SMILES string of the molecule is CC(CO)NC(=O)NCc1cccnc1N(C)C. The third-order valence-corrected chi connectivity index (χ3v) is 2.38. The van der Waals surface area contributed by atoms with Crippen LogP contribution in [0.1, 0.15) is 12.5 Å². The molecule has 3 N–H and O–H groups in total. The third kappa shape index (κ3) is 4.21. The van der Waals surface area contributed by atoms with Gasteiger partial charge in [0.05, 0.1) is 12.6 Å². The lowest BCUT2D eigenvalue weighted by Gasteiger charge is -2.17. The molecule has 100 valence electrons. The quantitative estimate of drug-likeness (QED) is 0.705. The van der Waals surface area contributed by atoms with Crippen molar-refractivity contribution in [3.8, 4) is 0 Å². The summed E-state index contributed by atoms with van der Waals surface area (Å²) in [5, 5.41) is 14.2. The molecule has 1 aromatic rings. The van der Waals surface area contributed by atoms with Gasteiger partial charge in [-0.1, -0.05) is 6.07 Å². The van der Waals surface area contributed by atoms with Gasteiger partial charge in [0.2, 0.25) is 0 Å². The van der Waals surface area contributed by atoms with E-state index in [1.54, 1.807) is 13.1 Å². The number of aliphatic hydroxyl groups is 1. The topological polar surface area (TPSA) is 77.5 Å². The molecule has 0 aliphatic heterocycles. The molecule has 0 bridgehead atoms. The lowest BCUT2D eigenvalue weighted by atomic mass is 10.2. The molecule has 6 nitrogen and oxygen atoms in total. The molecular weight excluding hydrogens is 232 g/mol. The second-order valence-corrected chi connectivity index (χ2v) is 4.29. The number of hydrogen-bond donors (Lipinski definition) is 3. The van der Waals surface area contributed by atoms with Gasteiger partial charge in [0.25, 0.3) is 0 Å². The van der Waals surface area contributed by atoms with Gasteiger partial charge in [-0.2, -0.15) is 0 Å². The van der Waals surface area contributed by atoms with E-state index in [0.717, 1.165) is 11.4 Å². The third-order valence-electron chi connectivity index (χ3n) is 2.38. The van der Waals surface area contributed by atoms with E-state index < -0.39 is 0 Å². The summed E-state index contributed by atoms with van der Waals surface area (Å²) >= 11 is 0. The maximum atomic E-state index is 11.5. The van der Waals surface area contributed by atoms with Gasteiger partial charge < -0.3 is 20.6 Å². The van der Waals surface area contributed by atoms with Crippen LogP contribution in [0.4, 0.5) is 10.6 Å². The second-order valence-electron chi connectivity index (χ2n) is 4.29. The number of rotatable bonds is 5. The Morgan fingerprint density at radius 3 is 2.89 bits per heavy atom. The Balaban J connectivity index is 2.56. The molecule has 0 radical (unpaired) electrons. The normalized spacial score (nSPS) is 11.8. The summed E-state index contributed by atoms with van der Waals surface area (Å²) < 4.78 is 0. The minimum atomic E-state index is -0.301. The van der Waals surface area contributed by atoms with Crippen LogP contribution in [0.2, 0.25) is 0 Å². The summed E-state index contributed by atoms with van der Waals surface area (Å²) in [4.78, 5) is 17.6. The first-order valence-corrected chi connectivity index (χ1v) is 5.81. The molecule has 0 saturated carbocycles. The summed E-state index contributed by atoms with van der Waals surface area (Å²) in [6.45, 7) is 2.05. The maximum absolute atomic E-state index is 11.5. The van der Waals surface area contributed by atoms with Gasteiger partial charge in [0, 0.05) is 32.4 Å². The first kappa shape index (κ1) is 14.2. The summed E-state index contributed by atoms with van der Waals surface area (Å²) in [6, 6.07) is 3.19. The van der Waals surface area contributed by atoms with Crippen molar-refractivity contribution in [2.75, 3.05) is 25.6 Å². The molecule has 0 aliphatic carbocycles. The van der Waals surface area contributed by atoms with Crippen LogP contribution in [-0.4, -0.2) is 42.9 Å². The molecule has 1 rings (SSSR count). The highest BCUT2D eigenvalue weighted by Gasteiger charge is 2.08. The predicted molar refractivity (Wildman–Crippen MR) is 70.5 cm³/mol. The molecule has 18 heavy (non-hydrogen) atoms. The van der Waals surface area contributed by atoms with E-state index in [2.05, 4.69) is 15.6 Å². The molecule has 0 aromatic carbocycles. The van der Waals surface area contributed by atoms with Crippen molar-refractivity contribution in [1.82, 2.24) is 15.6 Å². The molecule has 1 unspecified atom stereocenters. The van der Waals surface area contributed by atoms with Gasteiger partial charge in [-0.3, -0.25) is 0 Å². The van der Waals surface area contributed by atoms with Crippen molar-refractivity contribution in [3.63, 3.8) is 0 Å². The molecule has 1 atom stereocenters. The number of carbonyl (C=O) groups is 1. The zero-order valence-electron chi connectivity index (χ0n) is 11.0. The van der Waals surface area contributed by atoms with Gasteiger partial charge in [-0.15, -0.1) is 0 Å². The number of aliphatic hydroxyl groups excluding tert-OH is 1. The van der Waals surface area contributed by atoms with Gasteiger partial charge in [-0.25, -0.2) is 9.78 Å². The molecule has 0 fully saturated rings. The van der Waals surface area contributed by atoms with E-state index in [1.807, 2.05) is 31.1 Å². The number of aromatic nitrogens is 1. The molecule has 1 heterocycles. The van der Waals surface area contributed by atoms with Crippen LogP contribution in [0, 0.1) is 0 Å². The number of amides is 2. The fraction of sp³-hybridized carbons (Fsp3) is 0.500. The lowest BCUT2D eigenvalue weighted by Crippen LogP contribution is -2.42. The van der Waals surface area contributed by atoms with E-state index in [-0.39, 0.29) is 18.7 Å². The summed E-state index contributed by atoms with van der Waals surface area (Å²) in [5.74, 6) is 0.827. The summed E-state index contributed by atoms with van der Waals surface area (Å²) in [5.41, 5.74) is 0.939. The molecule has 2 amide bonds. The second kappa shape index (κ2) is 6.80. The van der Waals surface area contributed by atoms with Crippen LogP contribution in [0.5, 0.6) is 0 Å². The predicted octanol–water partition coefficient (Wildman–Crippen LogP) is 0.328. The zero-order valence-corrected chi connectivity index (χ0v) is 11.0. The number of carbonyl (C=O) groups excluding carboxylic acids is 1. The van der Waals surface area contributed by atoms with Crippen LogP contribution in [0.3, 0.4) is 0 Å². The van der Waals surface area contributed by atoms with Crippen molar-refractivity contribution in [2.24, 2.45) is 0 Å². The number of nitrogens with one attached hydrogen (secondary N) is 2. The van der Waals surface area contributed by atoms with Gasteiger partial charge in [0.15, 0.2) is 0 Å². The van der Waals surface area contributed by atoms with E-state index in [1.165, 1.54) is 0 Å². The average Bonchev–Trinajstić information content (AvgIpc) is 2.36. The number of nitrogens with zero attached hydrogens (tertiary/aromatic N) is 2. The molecule has 0 saturated heterocycles. The first-order valence-electron chi connectivity index (χ1n) is 5.81. The standard InChI is InChI=1S/C12H20N4O2/c1-9(8-17)15-12(18)14-7-10-5-4-6-13-11(10)16(2)3/h4-6,9,17H,7-8H2,1-3H3,(H2,14,15,18). The Morgan fingerprint density at radius 1 is 1.56 bits per heavy atom. The average molecular weight is 252 g/mol. The van der Waals surface area contributed by atoms with Gasteiger partial charge in [0.1, 0.15) is 5.82 Å². The monoisotopic (exact) mass is 252 g/mol. The molecular formula is C12H20N4O2. The first-order chi connectivity index (χ1) is 8.54. The van der Waals surface area contributed by atoms with Crippen LogP contribution in [0.15, 0.2) is 18.3 Å². The van der Waals surface area contributed by atoms with Crippen LogP contribution in [-0.2, 0) is 6.54 Å². The van der Waals surface area contributed by atoms with Crippen LogP contribution in [0.25, 0.3) is 0 Å². The smallest absolute Gasteiger partial charge is 0.315 e. The molecule has 0 aliphatic rings. The highest BCUT2D eigenvalue weighted by molar-refractivity contribution is 5.74. The van der Waals surface area contributed by atoms with Crippen molar-refractivity contribution in [3.05, 3.63) is 23.9 Å². The van der Waals surface area contributed by atoms with Crippen molar-refractivity contribution in [1.29, 1.82) is 0 Å². The summed E-state index contributed by atoms with van der Waals surface area (Å²) in [6.07, 6.45) is 1.72.